The second kappa shape index (κ2) is 10.4. The van der Waals surface area contributed by atoms with Crippen LogP contribution in [0.25, 0.3) is 22.9 Å². The molecule has 0 aliphatic rings. The number of nitrogens with one attached hydrogen (secondary N) is 1. The van der Waals surface area contributed by atoms with Crippen LogP contribution >= 0.6 is 11.3 Å². The summed E-state index contributed by atoms with van der Waals surface area (Å²) in [6.45, 7) is 1.90. The maximum Gasteiger partial charge on any atom is 0.262 e. The van der Waals surface area contributed by atoms with Crippen LogP contribution in [0.5, 0.6) is 5.75 Å². The molecule has 0 aliphatic carbocycles. The Morgan fingerprint density at radius 2 is 1.79 bits per heavy atom. The summed E-state index contributed by atoms with van der Waals surface area (Å²) in [4.78, 5) is 16.9. The summed E-state index contributed by atoms with van der Waals surface area (Å²) in [5.41, 5.74) is 4.86. The van der Waals surface area contributed by atoms with Crippen molar-refractivity contribution >= 4 is 34.6 Å². The Labute approximate surface area is 196 Å². The molecule has 4 rings (SSSR count). The molecule has 0 saturated heterocycles. The van der Waals surface area contributed by atoms with Gasteiger partial charge in [0.15, 0.2) is 6.61 Å². The summed E-state index contributed by atoms with van der Waals surface area (Å²) < 4.78 is 5.76. The number of hydrogen-bond donors (Lipinski definition) is 1. The number of aryl methyl sites for hydroxylation is 1. The highest BCUT2D eigenvalue weighted by atomic mass is 32.1. The lowest BCUT2D eigenvalue weighted by atomic mass is 10.1. The molecule has 0 atom stereocenters. The van der Waals surface area contributed by atoms with E-state index in [4.69, 9.17) is 4.74 Å². The average Bonchev–Trinajstić information content (AvgIpc) is 3.33. The molecule has 0 bridgehead atoms. The van der Waals surface area contributed by atoms with Gasteiger partial charge in [0.2, 0.25) is 0 Å². The Morgan fingerprint density at radius 3 is 2.55 bits per heavy atom. The van der Waals surface area contributed by atoms with Crippen molar-refractivity contribution in [1.29, 1.82) is 5.26 Å². The van der Waals surface area contributed by atoms with Crippen LogP contribution in [0.15, 0.2) is 84.2 Å². The number of rotatable bonds is 7. The van der Waals surface area contributed by atoms with Gasteiger partial charge in [-0.25, -0.2) is 4.98 Å². The van der Waals surface area contributed by atoms with Gasteiger partial charge < -0.3 is 10.1 Å². The maximum absolute atomic E-state index is 12.2. The van der Waals surface area contributed by atoms with E-state index in [0.717, 1.165) is 11.3 Å². The molecule has 1 amide bonds. The molecule has 1 aromatic heterocycles. The average molecular weight is 452 g/mol. The lowest BCUT2D eigenvalue weighted by Gasteiger charge is -2.10. The smallest absolute Gasteiger partial charge is 0.262 e. The fourth-order valence-corrected chi connectivity index (χ4v) is 3.94. The number of para-hydroxylation sites is 2. The number of benzene rings is 3. The van der Waals surface area contributed by atoms with Gasteiger partial charge in [-0.1, -0.05) is 66.2 Å². The monoisotopic (exact) mass is 451 g/mol. The molecule has 33 heavy (non-hydrogen) atoms. The highest BCUT2D eigenvalue weighted by Crippen LogP contribution is 2.29. The van der Waals surface area contributed by atoms with Gasteiger partial charge in [0, 0.05) is 22.2 Å². The molecule has 3 aromatic carbocycles. The number of hydrogen-bond acceptors (Lipinski definition) is 5. The summed E-state index contributed by atoms with van der Waals surface area (Å²) in [5.74, 6) is 0.256. The van der Waals surface area contributed by atoms with Gasteiger partial charge in [0.1, 0.15) is 16.8 Å². The number of anilines is 1. The fraction of sp³-hybridized carbons (Fsp3) is 0.0741. The van der Waals surface area contributed by atoms with E-state index in [1.54, 1.807) is 12.1 Å². The first kappa shape index (κ1) is 22.0. The third kappa shape index (κ3) is 5.73. The summed E-state index contributed by atoms with van der Waals surface area (Å²) in [6.07, 6.45) is 1.74. The minimum absolute atomic E-state index is 0.142. The first-order valence-corrected chi connectivity index (χ1v) is 11.2. The van der Waals surface area contributed by atoms with E-state index < -0.39 is 0 Å². The van der Waals surface area contributed by atoms with Crippen molar-refractivity contribution in [2.24, 2.45) is 0 Å². The van der Waals surface area contributed by atoms with E-state index >= 15 is 0 Å². The number of carbonyl (C=O) groups is 1. The van der Waals surface area contributed by atoms with E-state index in [1.165, 1.54) is 16.9 Å². The van der Waals surface area contributed by atoms with Crippen molar-refractivity contribution in [2.75, 3.05) is 11.9 Å². The van der Waals surface area contributed by atoms with Crippen molar-refractivity contribution in [1.82, 2.24) is 4.98 Å². The molecule has 0 unspecified atom stereocenters. The standard InChI is InChI=1S/C27H21N3O2S/c1-19-11-13-20(14-12-19)24-18-33-27(30-24)22(16-28)15-21-7-5-6-10-25(21)32-17-26(31)29-23-8-3-2-4-9-23/h2-15,18H,17H2,1H3,(H,29,31). The summed E-state index contributed by atoms with van der Waals surface area (Å²) >= 11 is 1.42. The first-order chi connectivity index (χ1) is 16.1. The van der Waals surface area contributed by atoms with Crippen LogP contribution in [-0.4, -0.2) is 17.5 Å². The van der Waals surface area contributed by atoms with Gasteiger partial charge in [-0.2, -0.15) is 5.26 Å². The van der Waals surface area contributed by atoms with Gasteiger partial charge in [-0.05, 0) is 31.2 Å². The summed E-state index contributed by atoms with van der Waals surface area (Å²) in [6, 6.07) is 26.9. The lowest BCUT2D eigenvalue weighted by molar-refractivity contribution is -0.118. The fourth-order valence-electron chi connectivity index (χ4n) is 3.14. The first-order valence-electron chi connectivity index (χ1n) is 10.3. The van der Waals surface area contributed by atoms with Crippen LogP contribution in [0.3, 0.4) is 0 Å². The minimum atomic E-state index is -0.261. The Balaban J connectivity index is 1.50. The molecule has 0 aliphatic heterocycles. The third-order valence-corrected chi connectivity index (χ3v) is 5.71. The number of carbonyl (C=O) groups excluding carboxylic acids is 1. The number of allylic oxidation sites excluding steroid dienone is 1. The Kier molecular flexibility index (Phi) is 6.93. The van der Waals surface area contributed by atoms with E-state index in [9.17, 15) is 10.1 Å². The van der Waals surface area contributed by atoms with Crippen molar-refractivity contribution in [2.45, 2.75) is 6.92 Å². The Bertz CT molecular complexity index is 1320. The van der Waals surface area contributed by atoms with Crippen LogP contribution in [0.1, 0.15) is 16.1 Å². The van der Waals surface area contributed by atoms with Crippen LogP contribution < -0.4 is 10.1 Å². The van der Waals surface area contributed by atoms with Crippen LogP contribution in [0, 0.1) is 18.3 Å². The number of aromatic nitrogens is 1. The number of amides is 1. The van der Waals surface area contributed by atoms with Crippen molar-refractivity contribution in [3.05, 3.63) is 100 Å². The molecule has 1 heterocycles. The zero-order valence-corrected chi connectivity index (χ0v) is 18.8. The number of ether oxygens (including phenoxy) is 1. The summed E-state index contributed by atoms with van der Waals surface area (Å²) in [7, 11) is 0. The van der Waals surface area contributed by atoms with Gasteiger partial charge in [0.05, 0.1) is 11.3 Å². The number of thiazole rings is 1. The number of nitrogens with zero attached hydrogens (tertiary/aromatic N) is 2. The molecule has 0 spiro atoms. The quantitative estimate of drug-likeness (QED) is 0.340. The Hall–Kier alpha value is -4.21. The molecule has 6 heteroatoms. The number of nitriles is 1. The minimum Gasteiger partial charge on any atom is -0.483 e. The topological polar surface area (TPSA) is 75.0 Å². The largest absolute Gasteiger partial charge is 0.483 e. The van der Waals surface area contributed by atoms with Crippen molar-refractivity contribution < 1.29 is 9.53 Å². The zero-order valence-electron chi connectivity index (χ0n) is 18.0. The second-order valence-corrected chi connectivity index (χ2v) is 8.17. The molecule has 1 N–H and O–H groups in total. The van der Waals surface area contributed by atoms with E-state index in [-0.39, 0.29) is 12.5 Å². The van der Waals surface area contributed by atoms with Gasteiger partial charge >= 0.3 is 0 Å². The molecule has 0 saturated carbocycles. The van der Waals surface area contributed by atoms with E-state index in [0.29, 0.717) is 27.6 Å². The van der Waals surface area contributed by atoms with Crippen LogP contribution in [0.4, 0.5) is 5.69 Å². The normalized spacial score (nSPS) is 11.0. The van der Waals surface area contributed by atoms with E-state index in [2.05, 4.69) is 16.4 Å². The highest BCUT2D eigenvalue weighted by Gasteiger charge is 2.11. The van der Waals surface area contributed by atoms with Gasteiger partial charge in [-0.15, -0.1) is 11.3 Å². The molecule has 4 aromatic rings. The molecule has 0 radical (unpaired) electrons. The third-order valence-electron chi connectivity index (χ3n) is 4.84. The van der Waals surface area contributed by atoms with Crippen LogP contribution in [-0.2, 0) is 4.79 Å². The lowest BCUT2D eigenvalue weighted by Crippen LogP contribution is -2.20. The van der Waals surface area contributed by atoms with Crippen molar-refractivity contribution in [3.63, 3.8) is 0 Å². The second-order valence-electron chi connectivity index (χ2n) is 7.31. The molecule has 0 fully saturated rings. The predicted octanol–water partition coefficient (Wildman–Crippen LogP) is 6.20. The Morgan fingerprint density at radius 1 is 1.06 bits per heavy atom. The predicted molar refractivity (Wildman–Crippen MR) is 133 cm³/mol. The molecule has 5 nitrogen and oxygen atoms in total. The molecular formula is C27H21N3O2S. The SMILES string of the molecule is Cc1ccc(-c2csc(C(C#N)=Cc3ccccc3OCC(=O)Nc3ccccc3)n2)cc1. The zero-order chi connectivity index (χ0) is 23.0. The van der Waals surface area contributed by atoms with Gasteiger partial charge in [-0.3, -0.25) is 4.79 Å². The van der Waals surface area contributed by atoms with Crippen molar-refractivity contribution in [3.8, 4) is 23.1 Å². The molecule has 162 valence electrons. The highest BCUT2D eigenvalue weighted by molar-refractivity contribution is 7.11. The van der Waals surface area contributed by atoms with Crippen LogP contribution in [0.2, 0.25) is 0 Å². The maximum atomic E-state index is 12.2. The molecular weight excluding hydrogens is 430 g/mol. The van der Waals surface area contributed by atoms with Gasteiger partial charge in [0.25, 0.3) is 5.91 Å². The van der Waals surface area contributed by atoms with E-state index in [1.807, 2.05) is 85.1 Å². The summed E-state index contributed by atoms with van der Waals surface area (Å²) in [5, 5.41) is 15.1.